The third-order valence-electron chi connectivity index (χ3n) is 6.19. The van der Waals surface area contributed by atoms with E-state index in [1.165, 1.54) is 0 Å². The van der Waals surface area contributed by atoms with E-state index in [1.807, 2.05) is 6.92 Å². The molecule has 178 valence electrons. The van der Waals surface area contributed by atoms with Gasteiger partial charge in [0.2, 0.25) is 5.91 Å². The Labute approximate surface area is 186 Å². The summed E-state index contributed by atoms with van der Waals surface area (Å²) in [6.45, 7) is 2.37. The molecule has 1 heterocycles. The van der Waals surface area contributed by atoms with E-state index in [-0.39, 0.29) is 48.7 Å². The first-order chi connectivity index (χ1) is 15.4. The molecule has 2 fully saturated rings. The predicted molar refractivity (Wildman–Crippen MR) is 113 cm³/mol. The van der Waals surface area contributed by atoms with Gasteiger partial charge in [-0.25, -0.2) is 19.0 Å². The van der Waals surface area contributed by atoms with E-state index in [2.05, 4.69) is 21.5 Å². The van der Waals surface area contributed by atoms with Crippen molar-refractivity contribution in [2.24, 2.45) is 11.8 Å². The number of benzene rings is 1. The normalized spacial score (nSPS) is 26.0. The summed E-state index contributed by atoms with van der Waals surface area (Å²) in [5, 5.41) is 14.7. The maximum Gasteiger partial charge on any atom is 0.407 e. The van der Waals surface area contributed by atoms with Crippen molar-refractivity contribution >= 4 is 12.0 Å². The second-order valence-corrected chi connectivity index (χ2v) is 8.64. The van der Waals surface area contributed by atoms with Crippen molar-refractivity contribution < 1.29 is 28.2 Å². The van der Waals surface area contributed by atoms with E-state index >= 15 is 0 Å². The third-order valence-corrected chi connectivity index (χ3v) is 6.19. The summed E-state index contributed by atoms with van der Waals surface area (Å²) < 4.78 is 32.1. The van der Waals surface area contributed by atoms with Crippen LogP contribution in [0.4, 0.5) is 13.6 Å². The molecule has 2 amide bonds. The average Bonchev–Trinajstić information content (AvgIpc) is 3.37. The lowest BCUT2D eigenvalue weighted by atomic mass is 9.96. The highest BCUT2D eigenvalue weighted by atomic mass is 19.1. The second-order valence-electron chi connectivity index (χ2n) is 8.64. The molecular weight excluding hydrogens is 422 g/mol. The molecule has 5 N–H and O–H groups in total. The number of carbonyl (C=O) groups excluding carboxylic acids is 2. The summed E-state index contributed by atoms with van der Waals surface area (Å²) in [6.07, 6.45) is 2.81. The molecule has 1 aromatic rings. The summed E-state index contributed by atoms with van der Waals surface area (Å²) >= 11 is 0. The van der Waals surface area contributed by atoms with Crippen molar-refractivity contribution in [2.75, 3.05) is 13.2 Å². The lowest BCUT2D eigenvalue weighted by Gasteiger charge is -2.19. The Morgan fingerprint density at radius 2 is 1.94 bits per heavy atom. The monoisotopic (exact) mass is 454 g/mol. The van der Waals surface area contributed by atoms with Crippen LogP contribution >= 0.6 is 0 Å². The Morgan fingerprint density at radius 1 is 1.19 bits per heavy atom. The number of hydrazine groups is 1. The number of aliphatic hydroxyl groups excluding tert-OH is 1. The number of hydrogen-bond donors (Lipinski definition) is 5. The Kier molecular flexibility index (Phi) is 8.77. The highest BCUT2D eigenvalue weighted by molar-refractivity contribution is 5.78. The molecular formula is C22H32F2N4O4. The molecule has 5 atom stereocenters. The molecule has 2 aliphatic rings. The molecule has 10 heteroatoms. The highest BCUT2D eigenvalue weighted by Crippen LogP contribution is 2.32. The number of carbonyl (C=O) groups is 2. The van der Waals surface area contributed by atoms with Gasteiger partial charge in [0.1, 0.15) is 17.7 Å². The Balaban J connectivity index is 1.38. The average molecular weight is 455 g/mol. The first kappa shape index (κ1) is 24.3. The minimum atomic E-state index is -0.709. The van der Waals surface area contributed by atoms with Crippen LogP contribution in [-0.2, 0) is 16.0 Å². The van der Waals surface area contributed by atoms with Crippen molar-refractivity contribution in [3.63, 3.8) is 0 Å². The number of rotatable bonds is 9. The number of halogens is 2. The zero-order valence-electron chi connectivity index (χ0n) is 18.2. The highest BCUT2D eigenvalue weighted by Gasteiger charge is 2.37. The zero-order chi connectivity index (χ0) is 23.1. The first-order valence-electron chi connectivity index (χ1n) is 11.2. The van der Waals surface area contributed by atoms with E-state index in [4.69, 9.17) is 4.74 Å². The fraction of sp³-hybridized carbons (Fsp3) is 0.636. The molecule has 3 unspecified atom stereocenters. The SMILES string of the molecule is CCC(CO)CNC(=O)O[C@@H]1CC[C@H](C2CC(NC(=O)Cc3cc(F)cc(F)c3)NN2)C1. The smallest absolute Gasteiger partial charge is 0.407 e. The molecule has 8 nitrogen and oxygen atoms in total. The lowest BCUT2D eigenvalue weighted by molar-refractivity contribution is -0.121. The number of amides is 2. The van der Waals surface area contributed by atoms with Crippen molar-refractivity contribution in [3.8, 4) is 0 Å². The summed E-state index contributed by atoms with van der Waals surface area (Å²) in [5.74, 6) is -1.43. The van der Waals surface area contributed by atoms with E-state index in [0.717, 1.165) is 43.9 Å². The van der Waals surface area contributed by atoms with Gasteiger partial charge in [-0.2, -0.15) is 0 Å². The van der Waals surface area contributed by atoms with E-state index in [1.54, 1.807) is 0 Å². The Hall–Kier alpha value is -2.30. The van der Waals surface area contributed by atoms with Gasteiger partial charge in [-0.3, -0.25) is 10.2 Å². The van der Waals surface area contributed by atoms with Crippen molar-refractivity contribution in [3.05, 3.63) is 35.4 Å². The fourth-order valence-electron chi connectivity index (χ4n) is 4.33. The fourth-order valence-corrected chi connectivity index (χ4v) is 4.33. The molecule has 1 aliphatic heterocycles. The number of aliphatic hydroxyl groups is 1. The van der Waals surface area contributed by atoms with Crippen LogP contribution in [0, 0.1) is 23.5 Å². The maximum absolute atomic E-state index is 13.3. The zero-order valence-corrected chi connectivity index (χ0v) is 18.2. The van der Waals surface area contributed by atoms with Crippen LogP contribution in [-0.4, -0.2) is 48.6 Å². The van der Waals surface area contributed by atoms with E-state index in [9.17, 15) is 23.5 Å². The summed E-state index contributed by atoms with van der Waals surface area (Å²) in [5.41, 5.74) is 6.53. The molecule has 0 aromatic heterocycles. The number of alkyl carbamates (subject to hydrolysis) is 1. The number of ether oxygens (including phenoxy) is 1. The van der Waals surface area contributed by atoms with Gasteiger partial charge in [0.05, 0.1) is 12.6 Å². The van der Waals surface area contributed by atoms with Gasteiger partial charge >= 0.3 is 6.09 Å². The van der Waals surface area contributed by atoms with Crippen LogP contribution in [0.5, 0.6) is 0 Å². The summed E-state index contributed by atoms with van der Waals surface area (Å²) in [7, 11) is 0. The van der Waals surface area contributed by atoms with Crippen molar-refractivity contribution in [1.82, 2.24) is 21.5 Å². The molecule has 1 aliphatic carbocycles. The lowest BCUT2D eigenvalue weighted by Crippen LogP contribution is -2.45. The van der Waals surface area contributed by atoms with Crippen LogP contribution in [0.3, 0.4) is 0 Å². The van der Waals surface area contributed by atoms with Gasteiger partial charge in [0.25, 0.3) is 0 Å². The number of nitrogens with one attached hydrogen (secondary N) is 4. The van der Waals surface area contributed by atoms with Gasteiger partial charge < -0.3 is 20.5 Å². The van der Waals surface area contributed by atoms with Crippen LogP contribution in [0.15, 0.2) is 18.2 Å². The van der Waals surface area contributed by atoms with Crippen LogP contribution < -0.4 is 21.5 Å². The van der Waals surface area contributed by atoms with Crippen molar-refractivity contribution in [1.29, 1.82) is 0 Å². The molecule has 1 saturated carbocycles. The quantitative estimate of drug-likeness (QED) is 0.389. The van der Waals surface area contributed by atoms with Gasteiger partial charge in [-0.15, -0.1) is 0 Å². The van der Waals surface area contributed by atoms with Crippen LogP contribution in [0.25, 0.3) is 0 Å². The predicted octanol–water partition coefficient (Wildman–Crippen LogP) is 1.73. The van der Waals surface area contributed by atoms with Crippen LogP contribution in [0.2, 0.25) is 0 Å². The van der Waals surface area contributed by atoms with Gasteiger partial charge in [-0.1, -0.05) is 6.92 Å². The molecule has 32 heavy (non-hydrogen) atoms. The van der Waals surface area contributed by atoms with E-state index < -0.39 is 17.7 Å². The largest absolute Gasteiger partial charge is 0.446 e. The maximum atomic E-state index is 13.3. The molecule has 0 radical (unpaired) electrons. The Bertz CT molecular complexity index is 773. The molecule has 0 bridgehead atoms. The molecule has 3 rings (SSSR count). The molecule has 1 aromatic carbocycles. The van der Waals surface area contributed by atoms with Gasteiger partial charge in [-0.05, 0) is 61.6 Å². The van der Waals surface area contributed by atoms with Crippen LogP contribution in [0.1, 0.15) is 44.6 Å². The van der Waals surface area contributed by atoms with Gasteiger partial charge in [0.15, 0.2) is 0 Å². The second kappa shape index (κ2) is 11.5. The Morgan fingerprint density at radius 3 is 2.62 bits per heavy atom. The summed E-state index contributed by atoms with van der Waals surface area (Å²) in [4.78, 5) is 24.2. The number of hydrogen-bond acceptors (Lipinski definition) is 6. The minimum absolute atomic E-state index is 0.0272. The van der Waals surface area contributed by atoms with Gasteiger partial charge in [0, 0.05) is 25.3 Å². The minimum Gasteiger partial charge on any atom is -0.446 e. The van der Waals surface area contributed by atoms with Crippen molar-refractivity contribution in [2.45, 2.75) is 63.8 Å². The standard InChI is InChI=1S/C22H32F2N4O4/c1-2-13(12-29)11-25-22(31)32-18-4-3-15(8-18)19-10-20(28-27-19)26-21(30)7-14-5-16(23)9-17(24)6-14/h5-6,9,13,15,18-20,27-29H,2-4,7-8,10-12H2,1H3,(H,25,31)(H,26,30)/t13?,15-,18+,19?,20?/m0/s1. The topological polar surface area (TPSA) is 112 Å². The molecule has 1 saturated heterocycles. The third kappa shape index (κ3) is 7.11. The summed E-state index contributed by atoms with van der Waals surface area (Å²) in [6, 6.07) is 3.18. The molecule has 0 spiro atoms. The van der Waals surface area contributed by atoms with E-state index in [0.29, 0.717) is 18.9 Å². The first-order valence-corrected chi connectivity index (χ1v) is 11.2.